The molecule has 7 N–H and O–H groups in total. The van der Waals surface area contributed by atoms with E-state index < -0.39 is 74.8 Å². The van der Waals surface area contributed by atoms with E-state index in [-0.39, 0.29) is 36.0 Å². The molecule has 2 aliphatic heterocycles. The lowest BCUT2D eigenvalue weighted by molar-refractivity contribution is -0.0634. The fourth-order valence-electron chi connectivity index (χ4n) is 6.67. The van der Waals surface area contributed by atoms with Crippen molar-refractivity contribution in [3.63, 3.8) is 0 Å². The lowest BCUT2D eigenvalue weighted by Crippen LogP contribution is -2.37. The summed E-state index contributed by atoms with van der Waals surface area (Å²) in [7, 11) is -4.84. The minimum atomic E-state index is -4.84. The highest BCUT2D eigenvalue weighted by Gasteiger charge is 2.74. The molecular formula is C21H25N11O10P2S. The molecule has 0 amide bonds. The minimum Gasteiger partial charge on any atom is -0.388 e. The van der Waals surface area contributed by atoms with Gasteiger partial charge in [0.1, 0.15) is 30.2 Å². The fourth-order valence-corrected chi connectivity index (χ4v) is 9.21. The molecule has 0 aromatic carbocycles. The molecule has 240 valence electrons. The van der Waals surface area contributed by atoms with Gasteiger partial charge < -0.3 is 30.8 Å². The van der Waals surface area contributed by atoms with Gasteiger partial charge in [-0.2, -0.15) is 9.67 Å². The number of aliphatic hydroxyl groups excluding tert-OH is 1. The third kappa shape index (κ3) is 4.70. The number of nitrogens with one attached hydrogen (secondary N) is 1. The first-order valence-electron chi connectivity index (χ1n) is 13.5. The summed E-state index contributed by atoms with van der Waals surface area (Å²) in [5.41, 5.74) is 10.3. The van der Waals surface area contributed by atoms with Crippen molar-refractivity contribution in [3.05, 3.63) is 23.0 Å². The number of H-pyrrole nitrogens is 1. The van der Waals surface area contributed by atoms with Gasteiger partial charge in [0.15, 0.2) is 28.9 Å². The Morgan fingerprint density at radius 1 is 1.13 bits per heavy atom. The van der Waals surface area contributed by atoms with E-state index in [1.165, 1.54) is 12.7 Å². The van der Waals surface area contributed by atoms with Gasteiger partial charge in [0.05, 0.1) is 31.7 Å². The third-order valence-corrected chi connectivity index (χ3v) is 11.3. The van der Waals surface area contributed by atoms with Gasteiger partial charge in [-0.3, -0.25) is 27.9 Å². The van der Waals surface area contributed by atoms with Crippen LogP contribution >= 0.6 is 26.9 Å². The van der Waals surface area contributed by atoms with Gasteiger partial charge in [-0.05, 0) is 12.3 Å². The Labute approximate surface area is 255 Å². The van der Waals surface area contributed by atoms with E-state index in [9.17, 15) is 23.9 Å². The van der Waals surface area contributed by atoms with Crippen LogP contribution in [0.4, 0.5) is 11.8 Å². The zero-order valence-corrected chi connectivity index (χ0v) is 25.4. The van der Waals surface area contributed by atoms with Gasteiger partial charge in [0, 0.05) is 11.8 Å². The molecule has 45 heavy (non-hydrogen) atoms. The molecule has 2 saturated heterocycles. The van der Waals surface area contributed by atoms with Crippen LogP contribution in [0.1, 0.15) is 25.1 Å². The Bertz CT molecular complexity index is 2010. The minimum absolute atomic E-state index is 0.0625. The number of aromatic nitrogens is 9. The van der Waals surface area contributed by atoms with Gasteiger partial charge in [0.25, 0.3) is 5.56 Å². The van der Waals surface area contributed by atoms with E-state index in [1.807, 2.05) is 0 Å². The zero-order valence-electron chi connectivity index (χ0n) is 22.8. The van der Waals surface area contributed by atoms with E-state index in [2.05, 4.69) is 47.5 Å². The van der Waals surface area contributed by atoms with Crippen molar-refractivity contribution in [2.75, 3.05) is 24.7 Å². The van der Waals surface area contributed by atoms with Crippen molar-refractivity contribution >= 4 is 61.0 Å². The largest absolute Gasteiger partial charge is 0.472 e. The monoisotopic (exact) mass is 685 g/mol. The van der Waals surface area contributed by atoms with Crippen LogP contribution < -0.4 is 17.0 Å². The van der Waals surface area contributed by atoms with Crippen LogP contribution in [0.25, 0.3) is 22.3 Å². The lowest BCUT2D eigenvalue weighted by atomic mass is 10.0. The molecule has 8 rings (SSSR count). The van der Waals surface area contributed by atoms with Crippen LogP contribution in [0.5, 0.6) is 0 Å². The van der Waals surface area contributed by atoms with E-state index in [0.29, 0.717) is 17.6 Å². The van der Waals surface area contributed by atoms with Crippen molar-refractivity contribution in [1.82, 2.24) is 44.5 Å². The number of imidazole rings is 1. The van der Waals surface area contributed by atoms with Crippen molar-refractivity contribution in [3.8, 4) is 0 Å². The molecule has 4 aliphatic rings. The summed E-state index contributed by atoms with van der Waals surface area (Å²) < 4.78 is 58.2. The molecular weight excluding hydrogens is 660 g/mol. The molecule has 1 unspecified atom stereocenters. The lowest BCUT2D eigenvalue weighted by Gasteiger charge is -2.30. The van der Waals surface area contributed by atoms with Crippen LogP contribution in [-0.2, 0) is 32.0 Å². The standard InChI is InChI=1S/C21H25N11O10P2S/c22-15-10-16(25-5-24-15)31(6-26-10)12-8-2-21(8)4-39-43(35,36)41-9-1-7(3-38-44(37,45)42-14(21)13(12)33)40-19(9)32-17-11(29-30-32)18(34)28-20(23)27-17/h5-9,12-14,19,33H,1-4H2,(H,35,36)(H,37,45)(H2,22,24,25)(H3,23,27,28,34)/t7-,8+,9+,12+,13-,14-,19+,21-,44+/m0/s1. The van der Waals surface area contributed by atoms with E-state index in [0.717, 1.165) is 4.68 Å². The second kappa shape index (κ2) is 9.98. The summed E-state index contributed by atoms with van der Waals surface area (Å²) >= 11 is 4.16. The summed E-state index contributed by atoms with van der Waals surface area (Å²) in [6, 6.07) is -0.717. The zero-order chi connectivity index (χ0) is 31.5. The molecule has 0 radical (unpaired) electrons. The molecule has 4 aromatic rings. The number of nitrogens with zero attached hydrogens (tertiary/aromatic N) is 8. The average molecular weight is 686 g/mol. The molecule has 4 fully saturated rings. The van der Waals surface area contributed by atoms with Crippen LogP contribution in [0.2, 0.25) is 0 Å². The Morgan fingerprint density at radius 3 is 2.78 bits per heavy atom. The Kier molecular flexibility index (Phi) is 6.51. The number of fused-ring (bicyclic) bond motifs is 4. The van der Waals surface area contributed by atoms with E-state index in [4.69, 9.17) is 34.3 Å². The van der Waals surface area contributed by atoms with Crippen molar-refractivity contribution in [2.24, 2.45) is 11.3 Å². The molecule has 2 bridgehead atoms. The number of hydrogen-bond donors (Lipinski definition) is 6. The summed E-state index contributed by atoms with van der Waals surface area (Å²) in [6.45, 7) is -4.97. The third-order valence-electron chi connectivity index (χ3n) is 8.70. The van der Waals surface area contributed by atoms with Gasteiger partial charge in [-0.25, -0.2) is 24.1 Å². The highest BCUT2D eigenvalue weighted by Crippen LogP contribution is 2.73. The van der Waals surface area contributed by atoms with Crippen molar-refractivity contribution in [1.29, 1.82) is 0 Å². The smallest absolute Gasteiger partial charge is 0.388 e. The summed E-state index contributed by atoms with van der Waals surface area (Å²) in [6.07, 6.45) is -2.85. The number of nitrogens with two attached hydrogens (primary N) is 2. The topological polar surface area (TPSA) is 293 Å². The summed E-state index contributed by atoms with van der Waals surface area (Å²) in [5, 5.41) is 19.3. The highest BCUT2D eigenvalue weighted by atomic mass is 32.7. The predicted molar refractivity (Wildman–Crippen MR) is 152 cm³/mol. The van der Waals surface area contributed by atoms with Gasteiger partial charge in [0.2, 0.25) is 5.95 Å². The second-order valence-corrected chi connectivity index (χ2v) is 15.6. The quantitative estimate of drug-likeness (QED) is 0.116. The molecule has 24 heteroatoms. The average Bonchev–Trinajstić information content (AvgIpc) is 3.31. The number of phosphoric ester groups is 1. The normalized spacial score (nSPS) is 40.0. The number of hydrogen-bond acceptors (Lipinski definition) is 17. The molecule has 2 saturated carbocycles. The molecule has 1 spiro atoms. The van der Waals surface area contributed by atoms with Crippen LogP contribution in [0.3, 0.4) is 0 Å². The SMILES string of the molecule is Nc1nc2c(nnn2[C@@H]2O[C@@H]3CO[P@@](=O)(S)O[C@H]4[C@@H](O)[C@H](n5cnc6c(N)ncnc65)[C@H]5C[C@]54COP(=O)(O)O[C@@H]2C3)c(=O)[nH]1. The Balaban J connectivity index is 1.12. The molecule has 6 heterocycles. The maximum Gasteiger partial charge on any atom is 0.472 e. The number of phosphoric acid groups is 1. The number of anilines is 2. The number of thiol groups is 1. The van der Waals surface area contributed by atoms with Crippen LogP contribution in [0.15, 0.2) is 17.4 Å². The number of nitrogen functional groups attached to an aromatic ring is 2. The van der Waals surface area contributed by atoms with Crippen LogP contribution in [-0.4, -0.2) is 92.1 Å². The number of aliphatic hydroxyl groups is 1. The maximum atomic E-state index is 13.5. The van der Waals surface area contributed by atoms with Crippen molar-refractivity contribution < 1.29 is 42.0 Å². The van der Waals surface area contributed by atoms with E-state index in [1.54, 1.807) is 4.57 Å². The Hall–Kier alpha value is -3.04. The van der Waals surface area contributed by atoms with Gasteiger partial charge in [-0.15, -0.1) is 5.10 Å². The molecule has 2 aliphatic carbocycles. The highest BCUT2D eigenvalue weighted by molar-refractivity contribution is 8.44. The molecule has 4 aromatic heterocycles. The first kappa shape index (κ1) is 29.4. The number of ether oxygens (including phenoxy) is 1. The Morgan fingerprint density at radius 2 is 1.96 bits per heavy atom. The van der Waals surface area contributed by atoms with Crippen molar-refractivity contribution in [2.45, 2.75) is 49.5 Å². The summed E-state index contributed by atoms with van der Waals surface area (Å²) in [4.78, 5) is 42.0. The predicted octanol–water partition coefficient (Wildman–Crippen LogP) is -0.316. The first-order chi connectivity index (χ1) is 21.4. The fraction of sp³-hybridized carbons (Fsp3) is 0.571. The number of aromatic amines is 1. The van der Waals surface area contributed by atoms with E-state index >= 15 is 0 Å². The van der Waals surface area contributed by atoms with Gasteiger partial charge in [-0.1, -0.05) is 17.5 Å². The molecule has 10 atom stereocenters. The maximum absolute atomic E-state index is 13.5. The summed E-state index contributed by atoms with van der Waals surface area (Å²) in [5.74, 6) is -0.471. The molecule has 21 nitrogen and oxygen atoms in total. The van der Waals surface area contributed by atoms with Gasteiger partial charge >= 0.3 is 14.6 Å². The number of rotatable bonds is 2. The first-order valence-corrected chi connectivity index (χ1v) is 17.7. The second-order valence-electron chi connectivity index (χ2n) is 11.3. The van der Waals surface area contributed by atoms with Crippen LogP contribution in [0, 0.1) is 11.3 Å².